The number of aromatic hydroxyl groups is 1. The van der Waals surface area contributed by atoms with Crippen molar-refractivity contribution in [3.63, 3.8) is 0 Å². The molecule has 5 nitrogen and oxygen atoms in total. The van der Waals surface area contributed by atoms with Crippen molar-refractivity contribution in [3.8, 4) is 5.75 Å². The summed E-state index contributed by atoms with van der Waals surface area (Å²) in [5.74, 6) is -0.584. The van der Waals surface area contributed by atoms with Gasteiger partial charge in [-0.1, -0.05) is 12.1 Å². The van der Waals surface area contributed by atoms with E-state index in [0.29, 0.717) is 23.1 Å². The molecular formula is C18H15NO4. The van der Waals surface area contributed by atoms with Gasteiger partial charge in [0.15, 0.2) is 5.78 Å². The number of imide groups is 1. The van der Waals surface area contributed by atoms with Crippen molar-refractivity contribution >= 4 is 17.6 Å². The molecule has 1 heterocycles. The Balaban J connectivity index is 1.60. The Kier molecular flexibility index (Phi) is 3.93. The molecule has 23 heavy (non-hydrogen) atoms. The second-order valence-corrected chi connectivity index (χ2v) is 5.38. The molecule has 0 saturated carbocycles. The largest absolute Gasteiger partial charge is 0.508 e. The lowest BCUT2D eigenvalue weighted by molar-refractivity contribution is 0.0647. The molecule has 0 fully saturated rings. The van der Waals surface area contributed by atoms with E-state index in [1.807, 2.05) is 0 Å². The molecule has 0 spiro atoms. The first-order chi connectivity index (χ1) is 11.1. The number of nitrogens with zero attached hydrogens (tertiary/aromatic N) is 1. The summed E-state index contributed by atoms with van der Waals surface area (Å²) in [7, 11) is 0. The van der Waals surface area contributed by atoms with E-state index in [1.165, 1.54) is 17.0 Å². The molecule has 0 aromatic heterocycles. The Morgan fingerprint density at radius 2 is 1.48 bits per heavy atom. The minimum Gasteiger partial charge on any atom is -0.508 e. The number of phenolic OH excluding ortho intramolecular Hbond substituents is 1. The zero-order chi connectivity index (χ0) is 16.4. The Labute approximate surface area is 133 Å². The molecule has 0 radical (unpaired) electrons. The van der Waals surface area contributed by atoms with Crippen LogP contribution >= 0.6 is 0 Å². The second kappa shape index (κ2) is 6.04. The second-order valence-electron chi connectivity index (χ2n) is 5.38. The van der Waals surface area contributed by atoms with Gasteiger partial charge in [0.05, 0.1) is 11.1 Å². The summed E-state index contributed by atoms with van der Waals surface area (Å²) in [6, 6.07) is 12.7. The summed E-state index contributed by atoms with van der Waals surface area (Å²) >= 11 is 0. The van der Waals surface area contributed by atoms with Gasteiger partial charge in [-0.05, 0) is 42.8 Å². The highest BCUT2D eigenvalue weighted by molar-refractivity contribution is 6.21. The highest BCUT2D eigenvalue weighted by Gasteiger charge is 2.34. The zero-order valence-electron chi connectivity index (χ0n) is 12.4. The molecule has 0 atom stereocenters. The predicted octanol–water partition coefficient (Wildman–Crippen LogP) is 2.65. The van der Waals surface area contributed by atoms with E-state index >= 15 is 0 Å². The number of rotatable bonds is 5. The van der Waals surface area contributed by atoms with Crippen LogP contribution in [-0.2, 0) is 0 Å². The first-order valence-electron chi connectivity index (χ1n) is 7.35. The molecule has 3 rings (SSSR count). The van der Waals surface area contributed by atoms with Crippen molar-refractivity contribution in [3.05, 3.63) is 65.2 Å². The van der Waals surface area contributed by atoms with Crippen LogP contribution in [0.4, 0.5) is 0 Å². The maximum atomic E-state index is 12.2. The summed E-state index contributed by atoms with van der Waals surface area (Å²) in [5, 5.41) is 9.21. The SMILES string of the molecule is O=C(CCCN1C(=O)c2ccccc2C1=O)c1ccc(O)cc1. The van der Waals surface area contributed by atoms with Gasteiger partial charge >= 0.3 is 0 Å². The fraction of sp³-hybridized carbons (Fsp3) is 0.167. The van der Waals surface area contributed by atoms with Crippen LogP contribution < -0.4 is 0 Å². The van der Waals surface area contributed by atoms with Gasteiger partial charge in [-0.25, -0.2) is 0 Å². The number of carbonyl (C=O) groups is 3. The lowest BCUT2D eigenvalue weighted by atomic mass is 10.1. The van der Waals surface area contributed by atoms with E-state index in [-0.39, 0.29) is 36.3 Å². The average Bonchev–Trinajstić information content (AvgIpc) is 2.81. The van der Waals surface area contributed by atoms with Crippen LogP contribution in [0.5, 0.6) is 5.75 Å². The normalized spacial score (nSPS) is 13.3. The van der Waals surface area contributed by atoms with Crippen LogP contribution in [0.3, 0.4) is 0 Å². The maximum Gasteiger partial charge on any atom is 0.261 e. The number of carbonyl (C=O) groups excluding carboxylic acids is 3. The number of phenols is 1. The van der Waals surface area contributed by atoms with Crippen LogP contribution in [0.2, 0.25) is 0 Å². The minimum absolute atomic E-state index is 0.0818. The molecule has 0 saturated heterocycles. The molecule has 1 aliphatic heterocycles. The van der Waals surface area contributed by atoms with Crippen molar-refractivity contribution in [2.45, 2.75) is 12.8 Å². The van der Waals surface area contributed by atoms with E-state index < -0.39 is 0 Å². The third kappa shape index (κ3) is 2.85. The summed E-state index contributed by atoms with van der Waals surface area (Å²) in [6.07, 6.45) is 0.642. The standard InChI is InChI=1S/C18H15NO4/c20-13-9-7-12(8-10-13)16(21)6-3-11-19-17(22)14-4-1-2-5-15(14)18(19)23/h1-2,4-5,7-10,20H,3,6,11H2. The van der Waals surface area contributed by atoms with Gasteiger partial charge in [-0.15, -0.1) is 0 Å². The molecular weight excluding hydrogens is 294 g/mol. The van der Waals surface area contributed by atoms with Gasteiger partial charge in [0.25, 0.3) is 11.8 Å². The zero-order valence-corrected chi connectivity index (χ0v) is 12.4. The Morgan fingerprint density at radius 1 is 0.913 bits per heavy atom. The van der Waals surface area contributed by atoms with Crippen molar-refractivity contribution < 1.29 is 19.5 Å². The fourth-order valence-electron chi connectivity index (χ4n) is 2.63. The number of fused-ring (bicyclic) bond motifs is 1. The number of hydrogen-bond donors (Lipinski definition) is 1. The lowest BCUT2D eigenvalue weighted by Crippen LogP contribution is -2.31. The Bertz CT molecular complexity index is 745. The summed E-state index contributed by atoms with van der Waals surface area (Å²) in [6.45, 7) is 0.218. The van der Waals surface area contributed by atoms with Crippen molar-refractivity contribution in [2.75, 3.05) is 6.54 Å². The summed E-state index contributed by atoms with van der Waals surface area (Å²) in [5.41, 5.74) is 1.34. The van der Waals surface area contributed by atoms with Crippen LogP contribution in [0.25, 0.3) is 0 Å². The fourth-order valence-corrected chi connectivity index (χ4v) is 2.63. The summed E-state index contributed by atoms with van der Waals surface area (Å²) < 4.78 is 0. The van der Waals surface area contributed by atoms with E-state index in [4.69, 9.17) is 0 Å². The molecule has 0 bridgehead atoms. The molecule has 0 aliphatic carbocycles. The van der Waals surface area contributed by atoms with Crippen LogP contribution in [0.1, 0.15) is 43.9 Å². The van der Waals surface area contributed by atoms with Gasteiger partial charge in [0.1, 0.15) is 5.75 Å². The molecule has 5 heteroatoms. The molecule has 2 amide bonds. The van der Waals surface area contributed by atoms with Crippen molar-refractivity contribution in [1.29, 1.82) is 0 Å². The highest BCUT2D eigenvalue weighted by atomic mass is 16.3. The molecule has 1 N–H and O–H groups in total. The molecule has 2 aromatic rings. The highest BCUT2D eigenvalue weighted by Crippen LogP contribution is 2.23. The van der Waals surface area contributed by atoms with Crippen LogP contribution in [-0.4, -0.2) is 34.1 Å². The Morgan fingerprint density at radius 3 is 2.04 bits per heavy atom. The third-order valence-corrected chi connectivity index (χ3v) is 3.85. The van der Waals surface area contributed by atoms with E-state index in [0.717, 1.165) is 0 Å². The molecule has 0 unspecified atom stereocenters. The van der Waals surface area contributed by atoms with Gasteiger partial charge in [0, 0.05) is 18.5 Å². The van der Waals surface area contributed by atoms with Gasteiger partial charge in [-0.3, -0.25) is 19.3 Å². The maximum absolute atomic E-state index is 12.2. The minimum atomic E-state index is -0.303. The van der Waals surface area contributed by atoms with Crippen LogP contribution in [0.15, 0.2) is 48.5 Å². The molecule has 116 valence electrons. The number of Topliss-reactive ketones (excluding diaryl/α,β-unsaturated/α-hetero) is 1. The average molecular weight is 309 g/mol. The smallest absolute Gasteiger partial charge is 0.261 e. The summed E-state index contributed by atoms with van der Waals surface area (Å²) in [4.78, 5) is 37.6. The van der Waals surface area contributed by atoms with E-state index in [1.54, 1.807) is 36.4 Å². The van der Waals surface area contributed by atoms with E-state index in [2.05, 4.69) is 0 Å². The number of benzene rings is 2. The topological polar surface area (TPSA) is 74.7 Å². The molecule has 1 aliphatic rings. The number of amides is 2. The van der Waals surface area contributed by atoms with Gasteiger partial charge in [0.2, 0.25) is 0 Å². The Hall–Kier alpha value is -2.95. The first kappa shape index (κ1) is 15.0. The predicted molar refractivity (Wildman–Crippen MR) is 83.5 cm³/mol. The van der Waals surface area contributed by atoms with Gasteiger partial charge < -0.3 is 5.11 Å². The number of hydrogen-bond acceptors (Lipinski definition) is 4. The number of ketones is 1. The first-order valence-corrected chi connectivity index (χ1v) is 7.35. The monoisotopic (exact) mass is 309 g/mol. The van der Waals surface area contributed by atoms with Crippen molar-refractivity contribution in [1.82, 2.24) is 4.90 Å². The van der Waals surface area contributed by atoms with E-state index in [9.17, 15) is 19.5 Å². The quantitative estimate of drug-likeness (QED) is 0.680. The van der Waals surface area contributed by atoms with Crippen molar-refractivity contribution in [2.24, 2.45) is 0 Å². The van der Waals surface area contributed by atoms with Crippen LogP contribution in [0, 0.1) is 0 Å². The lowest BCUT2D eigenvalue weighted by Gasteiger charge is -2.13. The van der Waals surface area contributed by atoms with Gasteiger partial charge in [-0.2, -0.15) is 0 Å². The third-order valence-electron chi connectivity index (χ3n) is 3.85. The molecule has 2 aromatic carbocycles.